The van der Waals surface area contributed by atoms with E-state index in [0.717, 1.165) is 29.7 Å². The van der Waals surface area contributed by atoms with Crippen LogP contribution in [0.25, 0.3) is 0 Å². The van der Waals surface area contributed by atoms with Gasteiger partial charge in [-0.3, -0.25) is 4.79 Å². The highest BCUT2D eigenvalue weighted by Crippen LogP contribution is 2.31. The van der Waals surface area contributed by atoms with E-state index in [1.807, 2.05) is 37.3 Å². The van der Waals surface area contributed by atoms with Crippen LogP contribution in [0.15, 0.2) is 77.7 Å². The number of fused-ring (bicyclic) bond motifs is 1. The minimum absolute atomic E-state index is 0.121. The summed E-state index contributed by atoms with van der Waals surface area (Å²) in [6.45, 7) is 2.40. The molecular formula is C24H23ClN2O3S. The van der Waals surface area contributed by atoms with Crippen LogP contribution in [0.3, 0.4) is 0 Å². The van der Waals surface area contributed by atoms with Crippen LogP contribution >= 0.6 is 11.6 Å². The van der Waals surface area contributed by atoms with Crippen molar-refractivity contribution in [2.75, 3.05) is 11.4 Å². The molecule has 7 heteroatoms. The fraction of sp³-hybridized carbons (Fsp3) is 0.208. The fourth-order valence-corrected chi connectivity index (χ4v) is 5.22. The number of nitrogens with one attached hydrogen (secondary N) is 1. The van der Waals surface area contributed by atoms with Crippen molar-refractivity contribution >= 4 is 33.2 Å². The normalized spacial score (nSPS) is 14.7. The van der Waals surface area contributed by atoms with E-state index in [1.165, 1.54) is 0 Å². The molecule has 3 aromatic carbocycles. The van der Waals surface area contributed by atoms with Crippen molar-refractivity contribution in [3.63, 3.8) is 0 Å². The molecule has 0 bridgehead atoms. The number of nitrogens with zero attached hydrogens (tertiary/aromatic N) is 1. The minimum Gasteiger partial charge on any atom is -0.308 e. The van der Waals surface area contributed by atoms with Crippen LogP contribution in [0.4, 0.5) is 5.69 Å². The van der Waals surface area contributed by atoms with Gasteiger partial charge >= 0.3 is 0 Å². The van der Waals surface area contributed by atoms with E-state index in [0.29, 0.717) is 17.1 Å². The van der Waals surface area contributed by atoms with Crippen LogP contribution in [0, 0.1) is 0 Å². The Kier molecular flexibility index (Phi) is 6.14. The highest BCUT2D eigenvalue weighted by Gasteiger charge is 2.26. The zero-order valence-electron chi connectivity index (χ0n) is 17.1. The SMILES string of the molecule is C[C@H](NS(=O)(=O)c1ccc2c(c1)CCCN2C(=O)c1ccc(Cl)cc1)c1ccccc1. The monoisotopic (exact) mass is 454 g/mol. The van der Waals surface area contributed by atoms with Gasteiger partial charge in [0.2, 0.25) is 10.0 Å². The van der Waals surface area contributed by atoms with Gasteiger partial charge in [0.15, 0.2) is 0 Å². The summed E-state index contributed by atoms with van der Waals surface area (Å²) in [5.74, 6) is -0.121. The smallest absolute Gasteiger partial charge is 0.258 e. The Morgan fingerprint density at radius 2 is 1.74 bits per heavy atom. The molecular weight excluding hydrogens is 432 g/mol. The van der Waals surface area contributed by atoms with Crippen LogP contribution in [0.5, 0.6) is 0 Å². The third kappa shape index (κ3) is 4.66. The molecule has 5 nitrogen and oxygen atoms in total. The lowest BCUT2D eigenvalue weighted by Gasteiger charge is -2.30. The summed E-state index contributed by atoms with van der Waals surface area (Å²) in [5, 5.41) is 0.572. The lowest BCUT2D eigenvalue weighted by Crippen LogP contribution is -2.35. The number of hydrogen-bond donors (Lipinski definition) is 1. The van der Waals surface area contributed by atoms with Crippen molar-refractivity contribution in [2.45, 2.75) is 30.7 Å². The van der Waals surface area contributed by atoms with Gasteiger partial charge in [0.25, 0.3) is 5.91 Å². The van der Waals surface area contributed by atoms with Gasteiger partial charge in [0.05, 0.1) is 4.90 Å². The molecule has 0 saturated heterocycles. The molecule has 4 rings (SSSR count). The number of carbonyl (C=O) groups excluding carboxylic acids is 1. The second kappa shape index (κ2) is 8.83. The standard InChI is InChI=1S/C24H23ClN2O3S/c1-17(18-6-3-2-4-7-18)26-31(29,30)22-13-14-23-20(16-22)8-5-15-27(23)24(28)19-9-11-21(25)12-10-19/h2-4,6-7,9-14,16-17,26H,5,8,15H2,1H3/t17-/m0/s1. The van der Waals surface area contributed by atoms with Gasteiger partial charge in [-0.05, 0) is 73.4 Å². The molecule has 0 fully saturated rings. The number of carbonyl (C=O) groups is 1. The summed E-state index contributed by atoms with van der Waals surface area (Å²) >= 11 is 5.93. The van der Waals surface area contributed by atoms with Crippen LogP contribution in [-0.2, 0) is 16.4 Å². The van der Waals surface area contributed by atoms with Gasteiger partial charge in [-0.2, -0.15) is 0 Å². The molecule has 0 radical (unpaired) electrons. The largest absolute Gasteiger partial charge is 0.308 e. The maximum absolute atomic E-state index is 13.0. The molecule has 1 aliphatic rings. The molecule has 1 heterocycles. The second-order valence-corrected chi connectivity index (χ2v) is 9.76. The van der Waals surface area contributed by atoms with E-state index >= 15 is 0 Å². The first-order valence-electron chi connectivity index (χ1n) is 10.1. The van der Waals surface area contributed by atoms with E-state index in [4.69, 9.17) is 11.6 Å². The maximum Gasteiger partial charge on any atom is 0.258 e. The number of amides is 1. The minimum atomic E-state index is -3.70. The molecule has 0 spiro atoms. The lowest BCUT2D eigenvalue weighted by molar-refractivity contribution is 0.0985. The van der Waals surface area contributed by atoms with E-state index in [2.05, 4.69) is 4.72 Å². The predicted molar refractivity (Wildman–Crippen MR) is 123 cm³/mol. The van der Waals surface area contributed by atoms with Crippen LogP contribution in [0.2, 0.25) is 5.02 Å². The average molecular weight is 455 g/mol. The molecule has 31 heavy (non-hydrogen) atoms. The van der Waals surface area contributed by atoms with E-state index in [1.54, 1.807) is 47.4 Å². The summed E-state index contributed by atoms with van der Waals surface area (Å²) in [7, 11) is -3.70. The van der Waals surface area contributed by atoms with Crippen molar-refractivity contribution in [3.8, 4) is 0 Å². The van der Waals surface area contributed by atoms with E-state index < -0.39 is 10.0 Å². The van der Waals surface area contributed by atoms with Gasteiger partial charge < -0.3 is 4.90 Å². The Bertz CT molecular complexity index is 1200. The third-order valence-corrected chi connectivity index (χ3v) is 7.24. The number of rotatable bonds is 5. The van der Waals surface area contributed by atoms with E-state index in [-0.39, 0.29) is 16.8 Å². The van der Waals surface area contributed by atoms with Gasteiger partial charge in [-0.25, -0.2) is 13.1 Å². The molecule has 1 aliphatic heterocycles. The first kappa shape index (κ1) is 21.6. The highest BCUT2D eigenvalue weighted by atomic mass is 35.5. The number of aryl methyl sites for hydroxylation is 1. The number of halogens is 1. The molecule has 0 unspecified atom stereocenters. The molecule has 1 N–H and O–H groups in total. The van der Waals surface area contributed by atoms with E-state index in [9.17, 15) is 13.2 Å². The Balaban J connectivity index is 1.59. The van der Waals surface area contributed by atoms with Crippen molar-refractivity contribution < 1.29 is 13.2 Å². The Labute approximate surface area is 187 Å². The van der Waals surface area contributed by atoms with Gasteiger partial charge in [-0.1, -0.05) is 41.9 Å². The van der Waals surface area contributed by atoms with Gasteiger partial charge in [0.1, 0.15) is 0 Å². The zero-order chi connectivity index (χ0) is 22.0. The summed E-state index contributed by atoms with van der Waals surface area (Å²) in [6.07, 6.45) is 1.49. The Morgan fingerprint density at radius 1 is 1.03 bits per heavy atom. The van der Waals surface area contributed by atoms with Crippen molar-refractivity contribution in [2.24, 2.45) is 0 Å². The third-order valence-electron chi connectivity index (χ3n) is 5.45. The van der Waals surface area contributed by atoms with Gasteiger partial charge in [0, 0.05) is 28.9 Å². The first-order chi connectivity index (χ1) is 14.8. The van der Waals surface area contributed by atoms with Crippen molar-refractivity contribution in [3.05, 3.63) is 94.5 Å². The number of hydrogen-bond acceptors (Lipinski definition) is 3. The Hall–Kier alpha value is -2.67. The van der Waals surface area contributed by atoms with Crippen molar-refractivity contribution in [1.82, 2.24) is 4.72 Å². The topological polar surface area (TPSA) is 66.5 Å². The second-order valence-electron chi connectivity index (χ2n) is 7.61. The summed E-state index contributed by atoms with van der Waals surface area (Å²) < 4.78 is 28.7. The molecule has 0 saturated carbocycles. The molecule has 0 aromatic heterocycles. The van der Waals surface area contributed by atoms with Crippen LogP contribution < -0.4 is 9.62 Å². The molecule has 1 atom stereocenters. The fourth-order valence-electron chi connectivity index (χ4n) is 3.81. The average Bonchev–Trinajstić information content (AvgIpc) is 2.78. The van der Waals surface area contributed by atoms with Crippen LogP contribution in [-0.4, -0.2) is 20.9 Å². The molecule has 160 valence electrons. The highest BCUT2D eigenvalue weighted by molar-refractivity contribution is 7.89. The Morgan fingerprint density at radius 3 is 2.45 bits per heavy atom. The summed E-state index contributed by atoms with van der Waals surface area (Å²) in [4.78, 5) is 14.9. The quantitative estimate of drug-likeness (QED) is 0.591. The zero-order valence-corrected chi connectivity index (χ0v) is 18.7. The summed E-state index contributed by atoms with van der Waals surface area (Å²) in [6, 6.07) is 20.8. The maximum atomic E-state index is 13.0. The number of benzene rings is 3. The van der Waals surface area contributed by atoms with Crippen molar-refractivity contribution in [1.29, 1.82) is 0 Å². The van der Waals surface area contributed by atoms with Gasteiger partial charge in [-0.15, -0.1) is 0 Å². The molecule has 1 amide bonds. The lowest BCUT2D eigenvalue weighted by atomic mass is 10.0. The first-order valence-corrected chi connectivity index (χ1v) is 12.0. The number of sulfonamides is 1. The number of anilines is 1. The van der Waals surface area contributed by atoms with Crippen LogP contribution in [0.1, 0.15) is 40.9 Å². The molecule has 0 aliphatic carbocycles. The molecule has 3 aromatic rings. The predicted octanol–water partition coefficient (Wildman–Crippen LogP) is 4.97. The summed E-state index contributed by atoms with van der Waals surface area (Å²) in [5.41, 5.74) is 3.04.